The van der Waals surface area contributed by atoms with Gasteiger partial charge < -0.3 is 13.7 Å². The monoisotopic (exact) mass is 635 g/mol. The molecule has 2 aliphatic rings. The predicted molar refractivity (Wildman–Crippen MR) is 201 cm³/mol. The molecule has 4 heteroatoms. The molecule has 0 fully saturated rings. The van der Waals surface area contributed by atoms with Crippen molar-refractivity contribution in [3.63, 3.8) is 0 Å². The minimum atomic E-state index is -0.697. The lowest BCUT2D eigenvalue weighted by Gasteiger charge is -2.32. The number of fused-ring (bicyclic) bond motifs is 7. The Kier molecular flexibility index (Phi) is 5.22. The molecule has 0 spiro atoms. The zero-order valence-corrected chi connectivity index (χ0v) is 26.1. The molecule has 0 bridgehead atoms. The van der Waals surface area contributed by atoms with E-state index in [1.54, 1.807) is 12.2 Å². The number of hydrogen-bond donors (Lipinski definition) is 0. The van der Waals surface area contributed by atoms with Crippen molar-refractivity contribution < 1.29 is 15.7 Å². The van der Waals surface area contributed by atoms with E-state index in [2.05, 4.69) is 36.4 Å². The molecule has 6 aromatic carbocycles. The Morgan fingerprint density at radius 1 is 0.633 bits per heavy atom. The SMILES string of the molecule is [2H]C1=CC2C([2H])=C([2H])C([2H])=C([2H])C2C=C1N(c1ccc(-c2ccccc2)cc1)c1cc2ccc3c4ccccc4oc3c2cc1-c1nc2ccccc2o1. The van der Waals surface area contributed by atoms with Crippen LogP contribution in [0.5, 0.6) is 0 Å². The van der Waals surface area contributed by atoms with Crippen molar-refractivity contribution >= 4 is 55.2 Å². The predicted octanol–water partition coefficient (Wildman–Crippen LogP) is 12.2. The highest BCUT2D eigenvalue weighted by molar-refractivity contribution is 6.16. The lowest BCUT2D eigenvalue weighted by Crippen LogP contribution is -2.21. The molecule has 232 valence electrons. The van der Waals surface area contributed by atoms with Gasteiger partial charge in [-0.05, 0) is 71.1 Å². The van der Waals surface area contributed by atoms with Crippen LogP contribution in [0.4, 0.5) is 11.4 Å². The van der Waals surface area contributed by atoms with Crippen LogP contribution in [0.15, 0.2) is 184 Å². The summed E-state index contributed by atoms with van der Waals surface area (Å²) in [5.74, 6) is -0.996. The van der Waals surface area contributed by atoms with Gasteiger partial charge in [0, 0.05) is 39.4 Å². The Bertz CT molecular complexity index is 2920. The van der Waals surface area contributed by atoms with Gasteiger partial charge in [0.2, 0.25) is 5.89 Å². The zero-order chi connectivity index (χ0) is 36.7. The summed E-state index contributed by atoms with van der Waals surface area (Å²) in [5.41, 5.74) is 7.53. The fourth-order valence-corrected chi connectivity index (χ4v) is 6.97. The number of anilines is 2. The maximum absolute atomic E-state index is 9.43. The molecule has 0 aliphatic heterocycles. The van der Waals surface area contributed by atoms with E-state index in [-0.39, 0.29) is 30.3 Å². The molecule has 2 aliphatic carbocycles. The van der Waals surface area contributed by atoms with Gasteiger partial charge in [-0.1, -0.05) is 115 Å². The lowest BCUT2D eigenvalue weighted by molar-refractivity contribution is 0.620. The normalized spacial score (nSPS) is 19.3. The average molecular weight is 636 g/mol. The topological polar surface area (TPSA) is 42.4 Å². The Hall–Kier alpha value is -6.39. The molecule has 4 nitrogen and oxygen atoms in total. The molecule has 0 N–H and O–H groups in total. The van der Waals surface area contributed by atoms with E-state index in [4.69, 9.17) is 19.3 Å². The summed E-state index contributed by atoms with van der Waals surface area (Å²) in [6.07, 6.45) is 3.44. The van der Waals surface area contributed by atoms with Crippen LogP contribution in [0, 0.1) is 11.8 Å². The molecular weight excluding hydrogens is 601 g/mol. The van der Waals surface area contributed by atoms with Crippen molar-refractivity contribution in [1.29, 1.82) is 0 Å². The fourth-order valence-electron chi connectivity index (χ4n) is 6.97. The van der Waals surface area contributed by atoms with Crippen LogP contribution in [-0.2, 0) is 0 Å². The first-order chi connectivity index (χ1) is 26.3. The molecule has 2 atom stereocenters. The van der Waals surface area contributed by atoms with Gasteiger partial charge in [0.1, 0.15) is 16.7 Å². The lowest BCUT2D eigenvalue weighted by atomic mass is 9.84. The van der Waals surface area contributed by atoms with E-state index >= 15 is 0 Å². The third kappa shape index (κ3) is 4.64. The van der Waals surface area contributed by atoms with Gasteiger partial charge in [-0.2, -0.15) is 0 Å². The molecule has 49 heavy (non-hydrogen) atoms. The van der Waals surface area contributed by atoms with Crippen molar-refractivity contribution in [1.82, 2.24) is 4.98 Å². The summed E-state index contributed by atoms with van der Waals surface area (Å²) in [4.78, 5) is 6.94. The van der Waals surface area contributed by atoms with E-state index in [9.17, 15) is 1.37 Å². The van der Waals surface area contributed by atoms with Crippen LogP contribution in [0.25, 0.3) is 66.4 Å². The second kappa shape index (κ2) is 11.1. The molecular formula is C45H30N2O2. The first-order valence-corrected chi connectivity index (χ1v) is 16.3. The summed E-state index contributed by atoms with van der Waals surface area (Å²) >= 11 is 0. The van der Waals surface area contributed by atoms with Crippen LogP contribution in [0.1, 0.15) is 6.85 Å². The van der Waals surface area contributed by atoms with Gasteiger partial charge in [-0.15, -0.1) is 0 Å². The maximum atomic E-state index is 9.43. The Morgan fingerprint density at radius 3 is 2.24 bits per heavy atom. The smallest absolute Gasteiger partial charge is 0.229 e. The molecule has 8 aromatic rings. The molecule has 0 saturated carbocycles. The van der Waals surface area contributed by atoms with Crippen LogP contribution in [-0.4, -0.2) is 4.98 Å². The highest BCUT2D eigenvalue weighted by Gasteiger charge is 2.27. The highest BCUT2D eigenvalue weighted by atomic mass is 16.3. The van der Waals surface area contributed by atoms with Gasteiger partial charge in [0.15, 0.2) is 5.58 Å². The largest absolute Gasteiger partial charge is 0.455 e. The highest BCUT2D eigenvalue weighted by Crippen LogP contribution is 2.45. The number of aromatic nitrogens is 1. The number of para-hydroxylation sites is 3. The van der Waals surface area contributed by atoms with Crippen LogP contribution in [0.2, 0.25) is 0 Å². The van der Waals surface area contributed by atoms with E-state index < -0.39 is 11.8 Å². The van der Waals surface area contributed by atoms with Crippen LogP contribution >= 0.6 is 0 Å². The van der Waals surface area contributed by atoms with Crippen molar-refractivity contribution in [2.45, 2.75) is 0 Å². The third-order valence-corrected chi connectivity index (χ3v) is 9.39. The van der Waals surface area contributed by atoms with E-state index in [1.807, 2.05) is 95.9 Å². The number of hydrogen-bond acceptors (Lipinski definition) is 4. The molecule has 0 radical (unpaired) electrons. The summed E-state index contributed by atoms with van der Waals surface area (Å²) in [5, 5.41) is 3.78. The van der Waals surface area contributed by atoms with E-state index in [0.717, 1.165) is 49.5 Å². The Labute approximate surface area is 290 Å². The number of rotatable bonds is 5. The van der Waals surface area contributed by atoms with Gasteiger partial charge in [-0.25, -0.2) is 4.98 Å². The van der Waals surface area contributed by atoms with Gasteiger partial charge in [-0.3, -0.25) is 0 Å². The van der Waals surface area contributed by atoms with Crippen LogP contribution < -0.4 is 4.90 Å². The fraction of sp³-hybridized carbons (Fsp3) is 0.0444. The van der Waals surface area contributed by atoms with Crippen molar-refractivity contribution in [2.24, 2.45) is 11.8 Å². The molecule has 0 amide bonds. The summed E-state index contributed by atoms with van der Waals surface area (Å²) in [6.45, 7) is 0. The van der Waals surface area contributed by atoms with E-state index in [1.165, 1.54) is 0 Å². The number of furan rings is 1. The summed E-state index contributed by atoms with van der Waals surface area (Å²) in [6, 6.07) is 41.6. The first kappa shape index (κ1) is 23.0. The third-order valence-electron chi connectivity index (χ3n) is 9.39. The van der Waals surface area contributed by atoms with Gasteiger partial charge in [0.25, 0.3) is 0 Å². The number of nitrogens with zero attached hydrogens (tertiary/aromatic N) is 2. The zero-order valence-electron chi connectivity index (χ0n) is 31.1. The second-order valence-corrected chi connectivity index (χ2v) is 12.3. The average Bonchev–Trinajstić information content (AvgIpc) is 3.82. The number of benzene rings is 6. The quantitative estimate of drug-likeness (QED) is 0.189. The van der Waals surface area contributed by atoms with Crippen molar-refractivity contribution in [2.75, 3.05) is 4.90 Å². The maximum Gasteiger partial charge on any atom is 0.229 e. The van der Waals surface area contributed by atoms with E-state index in [0.29, 0.717) is 33.9 Å². The standard InChI is InChI=1S/C45H30N2O2/c1-2-10-29(11-3-1)31-18-22-34(23-19-31)47(35-24-20-30-12-4-5-13-32(30)26-35)41-27-33-21-25-37-36-14-6-8-16-42(36)48-44(37)38(33)28-39(41)45-46-40-15-7-9-17-43(40)49-45/h1-28,30,32H/i4D,5D,12D,13D,24D. The summed E-state index contributed by atoms with van der Waals surface area (Å²) in [7, 11) is 0. The number of oxazole rings is 1. The molecule has 2 aromatic heterocycles. The molecule has 2 unspecified atom stereocenters. The van der Waals surface area contributed by atoms with Gasteiger partial charge in [0.05, 0.1) is 18.1 Å². The van der Waals surface area contributed by atoms with Gasteiger partial charge >= 0.3 is 0 Å². The Balaban J connectivity index is 1.25. The first-order valence-electron chi connectivity index (χ1n) is 18.8. The minimum Gasteiger partial charge on any atom is -0.455 e. The van der Waals surface area contributed by atoms with Crippen molar-refractivity contribution in [3.8, 4) is 22.6 Å². The van der Waals surface area contributed by atoms with Crippen LogP contribution in [0.3, 0.4) is 0 Å². The van der Waals surface area contributed by atoms with Crippen molar-refractivity contribution in [3.05, 3.63) is 176 Å². The number of allylic oxidation sites excluding steroid dienone is 7. The molecule has 0 saturated heterocycles. The molecule has 2 heterocycles. The Morgan fingerprint density at radius 2 is 1.39 bits per heavy atom. The minimum absolute atomic E-state index is 0.0495. The summed E-state index contributed by atoms with van der Waals surface area (Å²) < 4.78 is 56.7. The second-order valence-electron chi connectivity index (χ2n) is 12.3. The molecule has 10 rings (SSSR count).